The molecule has 0 fully saturated rings. The highest BCUT2D eigenvalue weighted by atomic mass is 35.5. The van der Waals surface area contributed by atoms with Gasteiger partial charge in [0.1, 0.15) is 11.6 Å². The molecule has 2 heterocycles. The van der Waals surface area contributed by atoms with Crippen molar-refractivity contribution in [3.05, 3.63) is 47.1 Å². The van der Waals surface area contributed by atoms with Crippen LogP contribution in [0.2, 0.25) is 5.02 Å². The summed E-state index contributed by atoms with van der Waals surface area (Å²) in [4.78, 5) is 28.9. The molecule has 2 amide bonds. The number of amides is 2. The number of aryl methyl sites for hydroxylation is 1. The molecule has 0 radical (unpaired) electrons. The lowest BCUT2D eigenvalue weighted by atomic mass is 10.0. The summed E-state index contributed by atoms with van der Waals surface area (Å²) in [6.45, 7) is 3.29. The van der Waals surface area contributed by atoms with Crippen molar-refractivity contribution in [1.82, 2.24) is 4.98 Å². The third-order valence-corrected chi connectivity index (χ3v) is 3.76. The topological polar surface area (TPSA) is 80.3 Å². The van der Waals surface area contributed by atoms with Gasteiger partial charge >= 0.3 is 0 Å². The summed E-state index contributed by atoms with van der Waals surface area (Å²) < 4.78 is 5.63. The molecule has 1 unspecified atom stereocenters. The van der Waals surface area contributed by atoms with Gasteiger partial charge in [-0.2, -0.15) is 0 Å². The molecule has 0 spiro atoms. The Morgan fingerprint density at radius 3 is 2.83 bits per heavy atom. The van der Waals surface area contributed by atoms with Crippen LogP contribution in [0.1, 0.15) is 12.5 Å². The Labute approximate surface area is 137 Å². The fourth-order valence-electron chi connectivity index (χ4n) is 2.12. The van der Waals surface area contributed by atoms with E-state index in [4.69, 9.17) is 16.3 Å². The monoisotopic (exact) mass is 331 g/mol. The fraction of sp³-hybridized carbons (Fsp3) is 0.188. The molecule has 1 atom stereocenters. The predicted molar refractivity (Wildman–Crippen MR) is 86.7 cm³/mol. The molecule has 0 saturated carbocycles. The summed E-state index contributed by atoms with van der Waals surface area (Å²) in [5.74, 6) is -0.451. The smallest absolute Gasteiger partial charge is 0.279 e. The molecule has 2 aromatic rings. The molecule has 1 aliphatic heterocycles. The summed E-state index contributed by atoms with van der Waals surface area (Å²) >= 11 is 5.88. The molecule has 6 nitrogen and oxygen atoms in total. The standard InChI is InChI=1S/C16H14ClN3O3/c1-9-3-6-13(18-8-9)20-15(22)16(2)14(21)19-11-7-10(17)4-5-12(11)23-16/h3-8H,1-2H3,(H,19,21)(H,18,20,22). The van der Waals surface area contributed by atoms with Crippen molar-refractivity contribution in [2.24, 2.45) is 0 Å². The lowest BCUT2D eigenvalue weighted by molar-refractivity contribution is -0.143. The van der Waals surface area contributed by atoms with Crippen molar-refractivity contribution in [2.75, 3.05) is 10.6 Å². The first-order valence-electron chi connectivity index (χ1n) is 6.92. The van der Waals surface area contributed by atoms with Crippen LogP contribution >= 0.6 is 11.6 Å². The van der Waals surface area contributed by atoms with Crippen molar-refractivity contribution in [3.8, 4) is 5.75 Å². The Balaban J connectivity index is 1.85. The lowest BCUT2D eigenvalue weighted by Gasteiger charge is -2.33. The van der Waals surface area contributed by atoms with Gasteiger partial charge in [-0.25, -0.2) is 4.98 Å². The van der Waals surface area contributed by atoms with Crippen LogP contribution in [0.5, 0.6) is 5.75 Å². The van der Waals surface area contributed by atoms with Crippen LogP contribution < -0.4 is 15.4 Å². The van der Waals surface area contributed by atoms with Gasteiger partial charge in [0, 0.05) is 11.2 Å². The van der Waals surface area contributed by atoms with Crippen LogP contribution in [0.3, 0.4) is 0 Å². The molecule has 1 aliphatic rings. The average Bonchev–Trinajstić information content (AvgIpc) is 2.51. The van der Waals surface area contributed by atoms with Gasteiger partial charge in [0.25, 0.3) is 17.4 Å². The van der Waals surface area contributed by atoms with E-state index in [1.165, 1.54) is 6.92 Å². The van der Waals surface area contributed by atoms with E-state index in [-0.39, 0.29) is 0 Å². The molecule has 1 aromatic carbocycles. The Hall–Kier alpha value is -2.60. The summed E-state index contributed by atoms with van der Waals surface area (Å²) in [5, 5.41) is 5.69. The van der Waals surface area contributed by atoms with E-state index >= 15 is 0 Å². The zero-order chi connectivity index (χ0) is 16.6. The number of nitrogens with one attached hydrogen (secondary N) is 2. The molecule has 7 heteroatoms. The number of rotatable bonds is 2. The van der Waals surface area contributed by atoms with E-state index in [0.717, 1.165) is 5.56 Å². The van der Waals surface area contributed by atoms with Crippen LogP contribution in [-0.4, -0.2) is 22.4 Å². The molecule has 0 saturated heterocycles. The van der Waals surface area contributed by atoms with E-state index in [1.807, 2.05) is 13.0 Å². The number of carbonyl (C=O) groups excluding carboxylic acids is 2. The summed E-state index contributed by atoms with van der Waals surface area (Å²) in [7, 11) is 0. The van der Waals surface area contributed by atoms with Crippen LogP contribution in [0, 0.1) is 6.92 Å². The van der Waals surface area contributed by atoms with E-state index in [2.05, 4.69) is 15.6 Å². The number of halogens is 1. The minimum Gasteiger partial charge on any atom is -0.466 e. The number of ether oxygens (including phenoxy) is 1. The first-order chi connectivity index (χ1) is 10.9. The fourth-order valence-corrected chi connectivity index (χ4v) is 2.30. The molecule has 2 N–H and O–H groups in total. The van der Waals surface area contributed by atoms with Crippen LogP contribution in [0.15, 0.2) is 36.5 Å². The second-order valence-corrected chi connectivity index (χ2v) is 5.84. The number of fused-ring (bicyclic) bond motifs is 1. The molecule has 0 aliphatic carbocycles. The Kier molecular flexibility index (Phi) is 3.69. The molecule has 0 bridgehead atoms. The maximum absolute atomic E-state index is 12.5. The maximum Gasteiger partial charge on any atom is 0.279 e. The largest absolute Gasteiger partial charge is 0.466 e. The van der Waals surface area contributed by atoms with Gasteiger partial charge in [0.2, 0.25) is 0 Å². The van der Waals surface area contributed by atoms with E-state index in [9.17, 15) is 9.59 Å². The summed E-state index contributed by atoms with van der Waals surface area (Å²) in [6, 6.07) is 8.26. The Morgan fingerprint density at radius 1 is 1.35 bits per heavy atom. The number of hydrogen-bond acceptors (Lipinski definition) is 4. The molecule has 3 rings (SSSR count). The zero-order valence-corrected chi connectivity index (χ0v) is 13.3. The summed E-state index contributed by atoms with van der Waals surface area (Å²) in [5.41, 5.74) is -0.305. The molecule has 1 aromatic heterocycles. The van der Waals surface area contributed by atoms with Crippen LogP contribution in [0.25, 0.3) is 0 Å². The van der Waals surface area contributed by atoms with E-state index in [1.54, 1.807) is 30.5 Å². The maximum atomic E-state index is 12.5. The van der Waals surface area contributed by atoms with Gasteiger partial charge in [-0.05, 0) is 43.7 Å². The first-order valence-corrected chi connectivity index (χ1v) is 7.30. The number of anilines is 2. The highest BCUT2D eigenvalue weighted by Crippen LogP contribution is 2.35. The average molecular weight is 332 g/mol. The van der Waals surface area contributed by atoms with Crippen molar-refractivity contribution in [2.45, 2.75) is 19.4 Å². The van der Waals surface area contributed by atoms with Gasteiger partial charge in [-0.3, -0.25) is 9.59 Å². The van der Waals surface area contributed by atoms with Gasteiger partial charge < -0.3 is 15.4 Å². The number of nitrogens with zero attached hydrogens (tertiary/aromatic N) is 1. The first kappa shape index (κ1) is 15.3. The Morgan fingerprint density at radius 2 is 2.13 bits per heavy atom. The Bertz CT molecular complexity index is 792. The predicted octanol–water partition coefficient (Wildman–Crippen LogP) is 2.77. The number of aromatic nitrogens is 1. The number of carbonyl (C=O) groups is 2. The zero-order valence-electron chi connectivity index (χ0n) is 12.5. The van der Waals surface area contributed by atoms with E-state index < -0.39 is 17.4 Å². The second kappa shape index (κ2) is 5.55. The SMILES string of the molecule is Cc1ccc(NC(=O)C2(C)Oc3ccc(Cl)cc3NC2=O)nc1. The molecular weight excluding hydrogens is 318 g/mol. The quantitative estimate of drug-likeness (QED) is 0.829. The molecule has 23 heavy (non-hydrogen) atoms. The van der Waals surface area contributed by atoms with Gasteiger partial charge in [-0.1, -0.05) is 17.7 Å². The van der Waals surface area contributed by atoms with Crippen molar-refractivity contribution in [1.29, 1.82) is 0 Å². The lowest BCUT2D eigenvalue weighted by Crippen LogP contribution is -2.56. The van der Waals surface area contributed by atoms with Crippen molar-refractivity contribution in [3.63, 3.8) is 0 Å². The molecular formula is C16H14ClN3O3. The minimum absolute atomic E-state index is 0.347. The van der Waals surface area contributed by atoms with Gasteiger partial charge in [-0.15, -0.1) is 0 Å². The third kappa shape index (κ3) is 2.85. The van der Waals surface area contributed by atoms with Crippen molar-refractivity contribution < 1.29 is 14.3 Å². The highest BCUT2D eigenvalue weighted by molar-refractivity contribution is 6.31. The van der Waals surface area contributed by atoms with Crippen molar-refractivity contribution >= 4 is 34.9 Å². The number of hydrogen-bond donors (Lipinski definition) is 2. The summed E-state index contributed by atoms with van der Waals surface area (Å²) in [6.07, 6.45) is 1.62. The number of benzene rings is 1. The second-order valence-electron chi connectivity index (χ2n) is 5.40. The van der Waals surface area contributed by atoms with Crippen LogP contribution in [0.4, 0.5) is 11.5 Å². The molecule has 118 valence electrons. The van der Waals surface area contributed by atoms with Gasteiger partial charge in [0.05, 0.1) is 5.69 Å². The van der Waals surface area contributed by atoms with Gasteiger partial charge in [0.15, 0.2) is 0 Å². The van der Waals surface area contributed by atoms with Crippen LogP contribution in [-0.2, 0) is 9.59 Å². The minimum atomic E-state index is -1.70. The number of pyridine rings is 1. The highest BCUT2D eigenvalue weighted by Gasteiger charge is 2.47. The van der Waals surface area contributed by atoms with E-state index in [0.29, 0.717) is 22.3 Å². The normalized spacial score (nSPS) is 19.3. The third-order valence-electron chi connectivity index (χ3n) is 3.52.